The molecule has 0 saturated carbocycles. The average Bonchev–Trinajstić information content (AvgIpc) is 2.85. The zero-order valence-corrected chi connectivity index (χ0v) is 21.4. The van der Waals surface area contributed by atoms with Crippen LogP contribution in [0.2, 0.25) is 0 Å². The molecule has 184 valence electrons. The van der Waals surface area contributed by atoms with E-state index in [1.807, 2.05) is 72.5 Å². The molecule has 0 unspecified atom stereocenters. The van der Waals surface area contributed by atoms with Gasteiger partial charge in [-0.2, -0.15) is 0 Å². The Hall–Kier alpha value is -3.25. The molecule has 3 rings (SSSR count). The maximum absolute atomic E-state index is 13.1. The van der Waals surface area contributed by atoms with Crippen molar-refractivity contribution in [2.75, 3.05) is 18.0 Å². The lowest BCUT2D eigenvalue weighted by Crippen LogP contribution is -2.41. The lowest BCUT2D eigenvalue weighted by atomic mass is 10.1. The second-order valence-corrected chi connectivity index (χ2v) is 9.42. The molecule has 0 atom stereocenters. The van der Waals surface area contributed by atoms with Crippen LogP contribution in [0.5, 0.6) is 5.75 Å². The van der Waals surface area contributed by atoms with Crippen molar-refractivity contribution in [3.05, 3.63) is 84.4 Å². The third kappa shape index (κ3) is 8.80. The van der Waals surface area contributed by atoms with E-state index in [1.54, 1.807) is 17.8 Å². The van der Waals surface area contributed by atoms with Crippen molar-refractivity contribution < 1.29 is 14.3 Å². The highest BCUT2D eigenvalue weighted by Gasteiger charge is 2.16. The van der Waals surface area contributed by atoms with E-state index in [2.05, 4.69) is 24.4 Å². The number of benzene rings is 3. The van der Waals surface area contributed by atoms with Gasteiger partial charge in [0.15, 0.2) is 0 Å². The molecule has 0 aromatic heterocycles. The summed E-state index contributed by atoms with van der Waals surface area (Å²) in [7, 11) is 0. The van der Waals surface area contributed by atoms with Crippen LogP contribution < -0.4 is 15.0 Å². The molecule has 1 N–H and O–H groups in total. The van der Waals surface area contributed by atoms with Crippen molar-refractivity contribution in [3.63, 3.8) is 0 Å². The molecule has 0 radical (unpaired) electrons. The zero-order valence-electron chi connectivity index (χ0n) is 20.5. The van der Waals surface area contributed by atoms with Gasteiger partial charge in [-0.1, -0.05) is 74.5 Å². The summed E-state index contributed by atoms with van der Waals surface area (Å²) in [4.78, 5) is 28.7. The minimum atomic E-state index is -0.222. The first-order valence-electron chi connectivity index (χ1n) is 12.3. The predicted molar refractivity (Wildman–Crippen MR) is 143 cm³/mol. The van der Waals surface area contributed by atoms with E-state index in [4.69, 9.17) is 4.74 Å². The lowest BCUT2D eigenvalue weighted by molar-refractivity contribution is -0.134. The Kier molecular flexibility index (Phi) is 10.7. The fraction of sp³-hybridized carbons (Fsp3) is 0.310. The minimum absolute atomic E-state index is 0.0821. The predicted octanol–water partition coefficient (Wildman–Crippen LogP) is 7.10. The summed E-state index contributed by atoms with van der Waals surface area (Å²) in [5, 5.41) is 3.06. The largest absolute Gasteiger partial charge is 0.426 e. The number of amides is 2. The molecule has 3 aromatic rings. The molecule has 0 heterocycles. The second kappa shape index (κ2) is 14.2. The molecule has 3 aromatic carbocycles. The number of nitrogens with zero attached hydrogens (tertiary/aromatic N) is 1. The number of unbranched alkanes of at least 4 members (excludes halogenated alkanes) is 1. The SMILES string of the molecule is CCCCNC(=O)N(CCc1ccccc1)c1cccc(Sc2cccc(OC(=O)CCC)c2)c1. The second-order valence-electron chi connectivity index (χ2n) is 8.27. The number of esters is 1. The number of anilines is 1. The number of hydrogen-bond acceptors (Lipinski definition) is 4. The van der Waals surface area contributed by atoms with Crippen LogP contribution in [0.25, 0.3) is 0 Å². The summed E-state index contributed by atoms with van der Waals surface area (Å²) in [6.07, 6.45) is 3.91. The Morgan fingerprint density at radius 3 is 2.37 bits per heavy atom. The van der Waals surface area contributed by atoms with Crippen LogP contribution in [-0.4, -0.2) is 25.1 Å². The Morgan fingerprint density at radius 2 is 1.63 bits per heavy atom. The number of ether oxygens (including phenoxy) is 1. The lowest BCUT2D eigenvalue weighted by Gasteiger charge is -2.24. The Labute approximate surface area is 212 Å². The molecule has 6 heteroatoms. The van der Waals surface area contributed by atoms with E-state index < -0.39 is 0 Å². The van der Waals surface area contributed by atoms with E-state index in [-0.39, 0.29) is 12.0 Å². The smallest absolute Gasteiger partial charge is 0.321 e. The van der Waals surface area contributed by atoms with Gasteiger partial charge in [-0.25, -0.2) is 4.79 Å². The van der Waals surface area contributed by atoms with E-state index in [9.17, 15) is 9.59 Å². The number of hydrogen-bond donors (Lipinski definition) is 1. The third-order valence-corrected chi connectivity index (χ3v) is 6.35. The number of carbonyl (C=O) groups excluding carboxylic acids is 2. The first-order valence-corrected chi connectivity index (χ1v) is 13.1. The Morgan fingerprint density at radius 1 is 0.886 bits per heavy atom. The maximum atomic E-state index is 13.1. The van der Waals surface area contributed by atoms with Gasteiger partial charge in [0.25, 0.3) is 0 Å². The number of nitrogens with one attached hydrogen (secondary N) is 1. The highest BCUT2D eigenvalue weighted by atomic mass is 32.2. The van der Waals surface area contributed by atoms with E-state index in [0.717, 1.165) is 41.2 Å². The van der Waals surface area contributed by atoms with Crippen LogP contribution in [0.1, 0.15) is 45.1 Å². The molecule has 2 amide bonds. The molecule has 0 bridgehead atoms. The molecule has 0 spiro atoms. The van der Waals surface area contributed by atoms with E-state index >= 15 is 0 Å². The number of urea groups is 1. The first kappa shape index (κ1) is 26.4. The molecule has 0 aliphatic rings. The van der Waals surface area contributed by atoms with Gasteiger partial charge in [-0.05, 0) is 61.2 Å². The molecule has 5 nitrogen and oxygen atoms in total. The van der Waals surface area contributed by atoms with Crippen molar-refractivity contribution in [3.8, 4) is 5.75 Å². The molecule has 0 aliphatic heterocycles. The van der Waals surface area contributed by atoms with Gasteiger partial charge >= 0.3 is 12.0 Å². The van der Waals surface area contributed by atoms with Gasteiger partial charge in [0.1, 0.15) is 5.75 Å². The average molecular weight is 491 g/mol. The van der Waals surface area contributed by atoms with Crippen molar-refractivity contribution >= 4 is 29.4 Å². The van der Waals surface area contributed by atoms with Gasteiger partial charge in [-0.15, -0.1) is 0 Å². The van der Waals surface area contributed by atoms with Gasteiger partial charge in [0.2, 0.25) is 0 Å². The Bertz CT molecular complexity index is 1090. The molecule has 0 saturated heterocycles. The number of rotatable bonds is 12. The highest BCUT2D eigenvalue weighted by Crippen LogP contribution is 2.32. The standard InChI is InChI=1S/C29H34N2O3S/c1-3-5-19-30-29(33)31(20-18-23-12-7-6-8-13-23)24-14-9-16-26(21-24)35-27-17-10-15-25(22-27)34-28(32)11-4-2/h6-10,12-17,21-22H,3-5,11,18-20H2,1-2H3,(H,30,33). The van der Waals surface area contributed by atoms with E-state index in [0.29, 0.717) is 25.3 Å². The van der Waals surface area contributed by atoms with Crippen LogP contribution in [0, 0.1) is 0 Å². The summed E-state index contributed by atoms with van der Waals surface area (Å²) in [6, 6.07) is 25.6. The summed E-state index contributed by atoms with van der Waals surface area (Å²) >= 11 is 1.57. The summed E-state index contributed by atoms with van der Waals surface area (Å²) in [5.41, 5.74) is 2.05. The number of carbonyl (C=O) groups is 2. The molecule has 35 heavy (non-hydrogen) atoms. The van der Waals surface area contributed by atoms with Crippen LogP contribution in [-0.2, 0) is 11.2 Å². The van der Waals surface area contributed by atoms with Crippen LogP contribution in [0.3, 0.4) is 0 Å². The van der Waals surface area contributed by atoms with Crippen LogP contribution in [0.4, 0.5) is 10.5 Å². The van der Waals surface area contributed by atoms with Gasteiger partial charge in [0, 0.05) is 35.0 Å². The van der Waals surface area contributed by atoms with Crippen molar-refractivity contribution in [1.82, 2.24) is 5.32 Å². The van der Waals surface area contributed by atoms with Gasteiger partial charge < -0.3 is 10.1 Å². The summed E-state index contributed by atoms with van der Waals surface area (Å²) in [6.45, 7) is 5.31. The molecule has 0 fully saturated rings. The Balaban J connectivity index is 1.75. The monoisotopic (exact) mass is 490 g/mol. The minimum Gasteiger partial charge on any atom is -0.426 e. The van der Waals surface area contributed by atoms with Gasteiger partial charge in [0.05, 0.1) is 0 Å². The fourth-order valence-corrected chi connectivity index (χ4v) is 4.46. The zero-order chi connectivity index (χ0) is 24.9. The summed E-state index contributed by atoms with van der Waals surface area (Å²) in [5.74, 6) is 0.323. The van der Waals surface area contributed by atoms with E-state index in [1.165, 1.54) is 5.56 Å². The molecular weight excluding hydrogens is 456 g/mol. The molecule has 0 aliphatic carbocycles. The quantitative estimate of drug-likeness (QED) is 0.167. The molecular formula is C29H34N2O3S. The summed E-state index contributed by atoms with van der Waals surface area (Å²) < 4.78 is 5.43. The maximum Gasteiger partial charge on any atom is 0.321 e. The topological polar surface area (TPSA) is 58.6 Å². The van der Waals surface area contributed by atoms with Crippen molar-refractivity contribution in [2.24, 2.45) is 0 Å². The first-order chi connectivity index (χ1) is 17.1. The van der Waals surface area contributed by atoms with Crippen LogP contribution >= 0.6 is 11.8 Å². The normalized spacial score (nSPS) is 10.6. The highest BCUT2D eigenvalue weighted by molar-refractivity contribution is 7.99. The van der Waals surface area contributed by atoms with Crippen molar-refractivity contribution in [1.29, 1.82) is 0 Å². The third-order valence-electron chi connectivity index (χ3n) is 5.37. The fourth-order valence-electron chi connectivity index (χ4n) is 3.54. The van der Waals surface area contributed by atoms with Gasteiger partial charge in [-0.3, -0.25) is 9.69 Å². The van der Waals surface area contributed by atoms with Crippen molar-refractivity contribution in [2.45, 2.75) is 55.7 Å². The van der Waals surface area contributed by atoms with Crippen LogP contribution in [0.15, 0.2) is 88.7 Å².